The Hall–Kier alpha value is -0.310. The van der Waals surface area contributed by atoms with Crippen molar-refractivity contribution in [2.75, 3.05) is 0 Å². The van der Waals surface area contributed by atoms with Crippen molar-refractivity contribution in [3.05, 3.63) is 0 Å². The lowest BCUT2D eigenvalue weighted by molar-refractivity contribution is -0.0580. The van der Waals surface area contributed by atoms with Crippen LogP contribution in [0.5, 0.6) is 0 Å². The van der Waals surface area contributed by atoms with E-state index in [1.807, 2.05) is 0 Å². The van der Waals surface area contributed by atoms with Crippen molar-refractivity contribution < 1.29 is 43.2 Å². The first-order valence-corrected chi connectivity index (χ1v) is 9.12. The second-order valence-corrected chi connectivity index (χ2v) is 8.30. The van der Waals surface area contributed by atoms with Crippen molar-refractivity contribution in [1.82, 2.24) is 8.55 Å². The molecule has 0 saturated carbocycles. The topological polar surface area (TPSA) is 83.6 Å². The molecule has 1 atom stereocenters. The van der Waals surface area contributed by atoms with Crippen LogP contribution in [-0.4, -0.2) is 37.2 Å². The van der Waals surface area contributed by atoms with Crippen LogP contribution >= 0.6 is 11.8 Å². The molecular weight excluding hydrogens is 402 g/mol. The van der Waals surface area contributed by atoms with Crippen LogP contribution in [0.1, 0.15) is 33.1 Å². The molecule has 0 aromatic rings. The summed E-state index contributed by atoms with van der Waals surface area (Å²) in [6.07, 6.45) is -1.67. The normalized spacial score (nSPS) is 17.3. The first kappa shape index (κ1) is 22.7. The summed E-state index contributed by atoms with van der Waals surface area (Å²) >= 11 is 5.15. The van der Waals surface area contributed by atoms with Crippen molar-refractivity contribution in [2.24, 2.45) is 0 Å². The van der Waals surface area contributed by atoms with Crippen LogP contribution < -0.4 is 4.84 Å². The number of hydrogen-bond acceptors (Lipinski definition) is 5. The standard InChI is InChI=1S/C8H13ClF6N2O4S2/c1-3-5-6(4-2,16-9)17(22(18,19)7(10,11)12)23(20,21)8(13,14)15/h16H,3-5H2,1-2H3. The first-order valence-electron chi connectivity index (χ1n) is 5.86. The van der Waals surface area contributed by atoms with Crippen molar-refractivity contribution >= 4 is 31.8 Å². The Labute approximate surface area is 134 Å². The summed E-state index contributed by atoms with van der Waals surface area (Å²) in [5.74, 6) is 0. The molecule has 0 aromatic carbocycles. The highest BCUT2D eigenvalue weighted by Gasteiger charge is 2.67. The minimum Gasteiger partial charge on any atom is -0.212 e. The van der Waals surface area contributed by atoms with Crippen LogP contribution in [0.2, 0.25) is 0 Å². The van der Waals surface area contributed by atoms with E-state index < -0.39 is 53.3 Å². The van der Waals surface area contributed by atoms with Crippen molar-refractivity contribution in [2.45, 2.75) is 49.8 Å². The van der Waals surface area contributed by atoms with E-state index in [0.717, 1.165) is 6.92 Å². The fourth-order valence-corrected chi connectivity index (χ4v) is 5.52. The zero-order chi connectivity index (χ0) is 18.9. The van der Waals surface area contributed by atoms with E-state index in [4.69, 9.17) is 11.8 Å². The Kier molecular flexibility index (Phi) is 6.80. The molecule has 0 spiro atoms. The van der Waals surface area contributed by atoms with E-state index >= 15 is 0 Å². The van der Waals surface area contributed by atoms with E-state index in [-0.39, 0.29) is 6.42 Å². The fraction of sp³-hybridized carbons (Fsp3) is 1.00. The SMILES string of the molecule is CCCC(CC)(NCl)N(S(=O)(=O)C(F)(F)F)S(=O)(=O)C(F)(F)F. The van der Waals surface area contributed by atoms with Gasteiger partial charge in [0, 0.05) is 0 Å². The largest absolute Gasteiger partial charge is 0.512 e. The number of sulfonamides is 2. The van der Waals surface area contributed by atoms with Crippen LogP contribution in [-0.2, 0) is 20.0 Å². The zero-order valence-corrected chi connectivity index (χ0v) is 14.1. The Morgan fingerprint density at radius 2 is 1.26 bits per heavy atom. The molecule has 1 N–H and O–H groups in total. The zero-order valence-electron chi connectivity index (χ0n) is 11.7. The average molecular weight is 415 g/mol. The molecule has 0 saturated heterocycles. The summed E-state index contributed by atoms with van der Waals surface area (Å²) < 4.78 is 121. The summed E-state index contributed by atoms with van der Waals surface area (Å²) in [6, 6.07) is 0. The van der Waals surface area contributed by atoms with Gasteiger partial charge in [0.1, 0.15) is 5.66 Å². The van der Waals surface area contributed by atoms with Gasteiger partial charge < -0.3 is 0 Å². The molecule has 0 aromatic heterocycles. The highest BCUT2D eigenvalue weighted by molar-refractivity contribution is 8.04. The van der Waals surface area contributed by atoms with Gasteiger partial charge in [-0.1, -0.05) is 24.0 Å². The second-order valence-electron chi connectivity index (χ2n) is 4.33. The molecule has 0 radical (unpaired) electrons. The monoisotopic (exact) mass is 414 g/mol. The van der Waals surface area contributed by atoms with Crippen LogP contribution in [0.25, 0.3) is 0 Å². The number of alkyl halides is 6. The lowest BCUT2D eigenvalue weighted by Crippen LogP contribution is -2.64. The predicted molar refractivity (Wildman–Crippen MR) is 68.7 cm³/mol. The average Bonchev–Trinajstić information content (AvgIpc) is 2.34. The van der Waals surface area contributed by atoms with Gasteiger partial charge in [-0.3, -0.25) is 0 Å². The molecule has 0 aliphatic rings. The van der Waals surface area contributed by atoms with Gasteiger partial charge in [-0.05, 0) is 24.6 Å². The van der Waals surface area contributed by atoms with Crippen LogP contribution in [0, 0.1) is 0 Å². The van der Waals surface area contributed by atoms with Gasteiger partial charge in [0.15, 0.2) is 0 Å². The maximum absolute atomic E-state index is 12.7. The summed E-state index contributed by atoms with van der Waals surface area (Å²) in [5, 5.41) is 0. The molecule has 140 valence electrons. The maximum atomic E-state index is 12.7. The molecular formula is C8H13ClF6N2O4S2. The molecule has 0 rings (SSSR count). The highest BCUT2D eigenvalue weighted by atomic mass is 35.5. The lowest BCUT2D eigenvalue weighted by Gasteiger charge is -2.40. The molecule has 0 amide bonds. The van der Waals surface area contributed by atoms with Crippen molar-refractivity contribution in [3.8, 4) is 0 Å². The predicted octanol–water partition coefficient (Wildman–Crippen LogP) is 2.64. The highest BCUT2D eigenvalue weighted by Crippen LogP contribution is 2.41. The summed E-state index contributed by atoms with van der Waals surface area (Å²) in [5.41, 5.74) is -15.4. The Morgan fingerprint density at radius 3 is 1.43 bits per heavy atom. The van der Waals surface area contributed by atoms with Gasteiger partial charge >= 0.3 is 31.1 Å². The number of halogens is 7. The Bertz CT molecular complexity index is 567. The molecule has 1 unspecified atom stereocenters. The van der Waals surface area contributed by atoms with E-state index in [9.17, 15) is 43.2 Å². The second kappa shape index (κ2) is 6.90. The van der Waals surface area contributed by atoms with Gasteiger partial charge in [0.2, 0.25) is 0 Å². The minimum absolute atomic E-state index is 0.162. The molecule has 6 nitrogen and oxygen atoms in total. The third kappa shape index (κ3) is 4.03. The van der Waals surface area contributed by atoms with Gasteiger partial charge in [0.25, 0.3) is 0 Å². The summed E-state index contributed by atoms with van der Waals surface area (Å²) in [7, 11) is -13.8. The van der Waals surface area contributed by atoms with Crippen LogP contribution in [0.15, 0.2) is 0 Å². The van der Waals surface area contributed by atoms with Gasteiger partial charge in [-0.15, -0.1) is 0 Å². The Balaban J connectivity index is 6.84. The lowest BCUT2D eigenvalue weighted by atomic mass is 10.0. The van der Waals surface area contributed by atoms with Crippen molar-refractivity contribution in [3.63, 3.8) is 0 Å². The van der Waals surface area contributed by atoms with Gasteiger partial charge in [-0.25, -0.2) is 21.7 Å². The molecule has 0 heterocycles. The van der Waals surface area contributed by atoms with Crippen molar-refractivity contribution in [1.29, 1.82) is 0 Å². The van der Waals surface area contributed by atoms with Crippen LogP contribution in [0.3, 0.4) is 0 Å². The third-order valence-electron chi connectivity index (χ3n) is 2.80. The van der Waals surface area contributed by atoms with E-state index in [1.54, 1.807) is 0 Å². The summed E-state index contributed by atoms with van der Waals surface area (Å²) in [4.78, 5) is 1.46. The van der Waals surface area contributed by atoms with Crippen LogP contribution in [0.4, 0.5) is 26.3 Å². The number of hydrogen-bond donors (Lipinski definition) is 1. The van der Waals surface area contributed by atoms with E-state index in [2.05, 4.69) is 0 Å². The maximum Gasteiger partial charge on any atom is 0.512 e. The third-order valence-corrected chi connectivity index (χ3v) is 7.07. The Morgan fingerprint density at radius 1 is 0.913 bits per heavy atom. The number of nitrogens with zero attached hydrogens (tertiary/aromatic N) is 1. The molecule has 0 fully saturated rings. The number of nitrogens with one attached hydrogen (secondary N) is 1. The summed E-state index contributed by atoms with van der Waals surface area (Å²) in [6.45, 7) is 2.27. The number of rotatable bonds is 7. The van der Waals surface area contributed by atoms with E-state index in [0.29, 0.717) is 0 Å². The molecule has 15 heteroatoms. The van der Waals surface area contributed by atoms with Gasteiger partial charge in [-0.2, -0.15) is 26.3 Å². The molecule has 0 aliphatic heterocycles. The minimum atomic E-state index is -6.90. The molecule has 0 bridgehead atoms. The van der Waals surface area contributed by atoms with Gasteiger partial charge in [0.05, 0.1) is 0 Å². The smallest absolute Gasteiger partial charge is 0.212 e. The molecule has 0 aliphatic carbocycles. The molecule has 23 heavy (non-hydrogen) atoms. The fourth-order valence-electron chi connectivity index (χ4n) is 1.74. The quantitative estimate of drug-likeness (QED) is 0.393. The first-order chi connectivity index (χ1) is 10.0. The van der Waals surface area contributed by atoms with E-state index in [1.165, 1.54) is 11.8 Å².